The van der Waals surface area contributed by atoms with Gasteiger partial charge in [-0.05, 0) is 30.5 Å². The fourth-order valence-electron chi connectivity index (χ4n) is 3.12. The Morgan fingerprint density at radius 1 is 1.13 bits per heavy atom. The minimum absolute atomic E-state index is 0.0390. The molecule has 1 aliphatic rings. The Kier molecular flexibility index (Phi) is 4.87. The Bertz CT molecular complexity index is 1240. The summed E-state index contributed by atoms with van der Waals surface area (Å²) in [4.78, 5) is 25.0. The van der Waals surface area contributed by atoms with Gasteiger partial charge in [-0.2, -0.15) is 0 Å². The summed E-state index contributed by atoms with van der Waals surface area (Å²) in [6, 6.07) is 7.48. The summed E-state index contributed by atoms with van der Waals surface area (Å²) in [5.41, 5.74) is 2.53. The molecule has 4 aromatic heterocycles. The lowest BCUT2D eigenvalue weighted by atomic mass is 10.3. The monoisotopic (exact) mass is 418 g/mol. The standard InChI is InChI=1S/C21H19FN8O/c22-15-11-24-7-5-16(15)28-21(31)18-12-26-20-17(27-14-3-4-14)8-19(29-30(18)20)25-10-13-2-1-6-23-9-13/h1-2,5-9,11-12,14,27H,3-4,10H2,(H,25,29)(H,24,28,31). The lowest BCUT2D eigenvalue weighted by Crippen LogP contribution is -2.17. The highest BCUT2D eigenvalue weighted by Gasteiger charge is 2.24. The first-order valence-electron chi connectivity index (χ1n) is 9.86. The minimum Gasteiger partial charge on any atom is -0.379 e. The van der Waals surface area contributed by atoms with Gasteiger partial charge >= 0.3 is 0 Å². The molecule has 0 radical (unpaired) electrons. The molecule has 4 heterocycles. The second-order valence-electron chi connectivity index (χ2n) is 7.27. The summed E-state index contributed by atoms with van der Waals surface area (Å²) in [7, 11) is 0. The molecule has 0 spiro atoms. The summed E-state index contributed by atoms with van der Waals surface area (Å²) in [5, 5.41) is 13.8. The van der Waals surface area contributed by atoms with E-state index in [-0.39, 0.29) is 11.4 Å². The molecule has 10 heteroatoms. The second-order valence-corrected chi connectivity index (χ2v) is 7.27. The van der Waals surface area contributed by atoms with E-state index in [0.29, 0.717) is 24.1 Å². The molecule has 4 aromatic rings. The van der Waals surface area contributed by atoms with Crippen LogP contribution in [-0.2, 0) is 6.54 Å². The van der Waals surface area contributed by atoms with Gasteiger partial charge < -0.3 is 16.0 Å². The Morgan fingerprint density at radius 2 is 2.00 bits per heavy atom. The van der Waals surface area contributed by atoms with Crippen molar-refractivity contribution in [3.8, 4) is 0 Å². The first-order valence-corrected chi connectivity index (χ1v) is 9.86. The molecular formula is C21H19FN8O. The van der Waals surface area contributed by atoms with E-state index in [0.717, 1.165) is 30.3 Å². The van der Waals surface area contributed by atoms with E-state index in [4.69, 9.17) is 0 Å². The molecule has 31 heavy (non-hydrogen) atoms. The summed E-state index contributed by atoms with van der Waals surface area (Å²) in [5.74, 6) is -0.568. The van der Waals surface area contributed by atoms with E-state index in [1.54, 1.807) is 12.4 Å². The van der Waals surface area contributed by atoms with Crippen molar-refractivity contribution in [1.29, 1.82) is 0 Å². The van der Waals surface area contributed by atoms with Crippen LogP contribution in [0, 0.1) is 5.82 Å². The third-order valence-electron chi connectivity index (χ3n) is 4.85. The predicted octanol–water partition coefficient (Wildman–Crippen LogP) is 3.10. The largest absolute Gasteiger partial charge is 0.379 e. The first kappa shape index (κ1) is 18.9. The van der Waals surface area contributed by atoms with E-state index < -0.39 is 11.7 Å². The number of nitrogens with one attached hydrogen (secondary N) is 3. The molecule has 1 fully saturated rings. The molecule has 0 aliphatic heterocycles. The summed E-state index contributed by atoms with van der Waals surface area (Å²) in [6.45, 7) is 0.521. The zero-order valence-corrected chi connectivity index (χ0v) is 16.4. The molecule has 9 nitrogen and oxygen atoms in total. The topological polar surface area (TPSA) is 109 Å². The van der Waals surface area contributed by atoms with Gasteiger partial charge in [0.25, 0.3) is 5.91 Å². The molecule has 0 atom stereocenters. The zero-order valence-electron chi connectivity index (χ0n) is 16.4. The van der Waals surface area contributed by atoms with Gasteiger partial charge in [0, 0.05) is 37.2 Å². The van der Waals surface area contributed by atoms with Gasteiger partial charge in [-0.25, -0.2) is 13.9 Å². The van der Waals surface area contributed by atoms with Crippen molar-refractivity contribution in [2.45, 2.75) is 25.4 Å². The number of hydrogen-bond acceptors (Lipinski definition) is 7. The van der Waals surface area contributed by atoms with E-state index in [1.807, 2.05) is 18.2 Å². The smallest absolute Gasteiger partial charge is 0.276 e. The molecule has 0 aromatic carbocycles. The van der Waals surface area contributed by atoms with Crippen LogP contribution in [0.3, 0.4) is 0 Å². The SMILES string of the molecule is O=C(Nc1ccncc1F)c1cnc2c(NC3CC3)cc(NCc3cccnc3)nn12. The number of fused-ring (bicyclic) bond motifs is 1. The van der Waals surface area contributed by atoms with Crippen molar-refractivity contribution >= 4 is 28.7 Å². The molecule has 1 aliphatic carbocycles. The number of pyridine rings is 2. The van der Waals surface area contributed by atoms with Gasteiger partial charge in [0.2, 0.25) is 0 Å². The second kappa shape index (κ2) is 7.98. The first-order chi connectivity index (χ1) is 15.2. The van der Waals surface area contributed by atoms with Crippen molar-refractivity contribution in [3.05, 3.63) is 72.3 Å². The Balaban J connectivity index is 1.47. The van der Waals surface area contributed by atoms with Gasteiger partial charge in [-0.3, -0.25) is 14.8 Å². The number of aromatic nitrogens is 5. The highest BCUT2D eigenvalue weighted by atomic mass is 19.1. The van der Waals surface area contributed by atoms with Crippen LogP contribution in [0.4, 0.5) is 21.6 Å². The van der Waals surface area contributed by atoms with Crippen molar-refractivity contribution in [3.63, 3.8) is 0 Å². The van der Waals surface area contributed by atoms with Crippen LogP contribution in [0.15, 0.2) is 55.2 Å². The molecule has 0 unspecified atom stereocenters. The summed E-state index contributed by atoms with van der Waals surface area (Å²) >= 11 is 0. The van der Waals surface area contributed by atoms with Gasteiger partial charge in [0.05, 0.1) is 23.8 Å². The van der Waals surface area contributed by atoms with Crippen LogP contribution in [-0.4, -0.2) is 36.5 Å². The number of hydrogen-bond donors (Lipinski definition) is 3. The molecule has 0 saturated heterocycles. The average Bonchev–Trinajstić information content (AvgIpc) is 3.50. The van der Waals surface area contributed by atoms with Crippen LogP contribution in [0.5, 0.6) is 0 Å². The third-order valence-corrected chi connectivity index (χ3v) is 4.85. The highest BCUT2D eigenvalue weighted by molar-refractivity contribution is 6.03. The molecule has 3 N–H and O–H groups in total. The van der Waals surface area contributed by atoms with Crippen molar-refractivity contribution in [1.82, 2.24) is 24.6 Å². The Labute approximate surface area is 176 Å². The van der Waals surface area contributed by atoms with E-state index in [9.17, 15) is 9.18 Å². The summed E-state index contributed by atoms with van der Waals surface area (Å²) < 4.78 is 15.4. The Hall–Kier alpha value is -4.08. The number of amides is 1. The van der Waals surface area contributed by atoms with Crippen LogP contribution in [0.1, 0.15) is 28.9 Å². The maximum Gasteiger partial charge on any atom is 0.276 e. The van der Waals surface area contributed by atoms with Crippen LogP contribution in [0.25, 0.3) is 5.65 Å². The molecule has 156 valence electrons. The normalized spacial score (nSPS) is 13.2. The Morgan fingerprint density at radius 3 is 2.77 bits per heavy atom. The van der Waals surface area contributed by atoms with Crippen LogP contribution in [0.2, 0.25) is 0 Å². The quantitative estimate of drug-likeness (QED) is 0.423. The zero-order chi connectivity index (χ0) is 21.2. The number of rotatable bonds is 7. The lowest BCUT2D eigenvalue weighted by molar-refractivity contribution is 0.102. The lowest BCUT2D eigenvalue weighted by Gasteiger charge is -2.12. The van der Waals surface area contributed by atoms with Crippen LogP contribution >= 0.6 is 0 Å². The third kappa shape index (κ3) is 4.13. The van der Waals surface area contributed by atoms with E-state index >= 15 is 0 Å². The number of anilines is 3. The minimum atomic E-state index is -0.618. The average molecular weight is 418 g/mol. The molecule has 5 rings (SSSR count). The number of carbonyl (C=O) groups is 1. The maximum atomic E-state index is 13.9. The molecule has 0 bridgehead atoms. The van der Waals surface area contributed by atoms with Crippen molar-refractivity contribution in [2.24, 2.45) is 0 Å². The van der Waals surface area contributed by atoms with Gasteiger partial charge in [-0.15, -0.1) is 5.10 Å². The number of nitrogens with zero attached hydrogens (tertiary/aromatic N) is 5. The van der Waals surface area contributed by atoms with Gasteiger partial charge in [0.1, 0.15) is 5.82 Å². The van der Waals surface area contributed by atoms with E-state index in [2.05, 4.69) is 36.0 Å². The number of carbonyl (C=O) groups excluding carboxylic acids is 1. The highest BCUT2D eigenvalue weighted by Crippen LogP contribution is 2.28. The van der Waals surface area contributed by atoms with E-state index in [1.165, 1.54) is 23.0 Å². The van der Waals surface area contributed by atoms with Crippen molar-refractivity contribution in [2.75, 3.05) is 16.0 Å². The fraction of sp³-hybridized carbons (Fsp3) is 0.190. The molecular weight excluding hydrogens is 399 g/mol. The fourth-order valence-corrected chi connectivity index (χ4v) is 3.12. The van der Waals surface area contributed by atoms with Gasteiger partial charge in [-0.1, -0.05) is 6.07 Å². The van der Waals surface area contributed by atoms with Gasteiger partial charge in [0.15, 0.2) is 17.2 Å². The van der Waals surface area contributed by atoms with Crippen molar-refractivity contribution < 1.29 is 9.18 Å². The molecule has 1 amide bonds. The molecule has 1 saturated carbocycles. The number of imidazole rings is 1. The predicted molar refractivity (Wildman–Crippen MR) is 113 cm³/mol. The maximum absolute atomic E-state index is 13.9. The van der Waals surface area contributed by atoms with Crippen LogP contribution < -0.4 is 16.0 Å². The summed E-state index contributed by atoms with van der Waals surface area (Å²) in [6.07, 6.45) is 9.54. The number of halogens is 1.